The molecule has 0 aromatic heterocycles. The molecule has 0 radical (unpaired) electrons. The van der Waals surface area contributed by atoms with Gasteiger partial charge in [0.25, 0.3) is 0 Å². The lowest BCUT2D eigenvalue weighted by Crippen LogP contribution is -2.31. The second-order valence-electron chi connectivity index (χ2n) is 2.46. The van der Waals surface area contributed by atoms with Crippen LogP contribution in [0.3, 0.4) is 0 Å². The molecule has 0 heterocycles. The molecular formula is C6H6ClF5O2. The zero-order chi connectivity index (χ0) is 11.6. The Bertz CT molecular complexity index is 236. The smallest absolute Gasteiger partial charge is 0.246 e. The topological polar surface area (TPSA) is 29.5 Å². The highest BCUT2D eigenvalue weighted by atomic mass is 35.5. The predicted molar refractivity (Wildman–Crippen MR) is 37.9 cm³/mol. The largest absolute Gasteiger partial charge is 0.387 e. The SMILES string of the molecule is C/C(Cl)=C(\F)C(F)(F)CC(F)(F)OO. The minimum absolute atomic E-state index is 0.781. The van der Waals surface area contributed by atoms with Crippen molar-refractivity contribution in [3.63, 3.8) is 0 Å². The standard InChI is InChI=1S/C6H6ClF5O2/c1-3(7)4(8)5(9,10)2-6(11,12)14-13/h13H,2H2,1H3/b4-3+. The van der Waals surface area contributed by atoms with Crippen molar-refractivity contribution in [2.45, 2.75) is 25.4 Å². The van der Waals surface area contributed by atoms with Gasteiger partial charge < -0.3 is 0 Å². The molecule has 0 aliphatic heterocycles. The van der Waals surface area contributed by atoms with Crippen LogP contribution in [0, 0.1) is 0 Å². The van der Waals surface area contributed by atoms with Gasteiger partial charge in [-0.2, -0.15) is 22.4 Å². The zero-order valence-corrected chi connectivity index (χ0v) is 7.59. The van der Waals surface area contributed by atoms with Gasteiger partial charge in [-0.05, 0) is 6.92 Å². The fourth-order valence-corrected chi connectivity index (χ4v) is 0.759. The quantitative estimate of drug-likeness (QED) is 0.463. The summed E-state index contributed by atoms with van der Waals surface area (Å²) in [4.78, 5) is 2.46. The summed E-state index contributed by atoms with van der Waals surface area (Å²) in [7, 11) is 0. The summed E-state index contributed by atoms with van der Waals surface area (Å²) in [5.41, 5.74) is 0. The Kier molecular flexibility index (Phi) is 4.29. The number of hydrogen-bond donors (Lipinski definition) is 1. The minimum atomic E-state index is -4.53. The Labute approximate surface area is 80.8 Å². The van der Waals surface area contributed by atoms with E-state index >= 15 is 0 Å². The zero-order valence-electron chi connectivity index (χ0n) is 6.83. The summed E-state index contributed by atoms with van der Waals surface area (Å²) in [6, 6.07) is 0. The molecule has 0 aromatic rings. The van der Waals surface area contributed by atoms with Crippen LogP contribution in [0.15, 0.2) is 10.9 Å². The lowest BCUT2D eigenvalue weighted by Gasteiger charge is -2.19. The third kappa shape index (κ3) is 3.77. The van der Waals surface area contributed by atoms with Crippen LogP contribution in [-0.2, 0) is 4.89 Å². The van der Waals surface area contributed by atoms with Crippen LogP contribution in [0.5, 0.6) is 0 Å². The normalized spacial score (nSPS) is 15.4. The average molecular weight is 241 g/mol. The van der Waals surface area contributed by atoms with Gasteiger partial charge in [0.05, 0.1) is 5.03 Å². The van der Waals surface area contributed by atoms with Crippen molar-refractivity contribution in [3.05, 3.63) is 10.9 Å². The van der Waals surface area contributed by atoms with Gasteiger partial charge in [0.15, 0.2) is 5.83 Å². The molecule has 0 atom stereocenters. The molecule has 1 N–H and O–H groups in total. The lowest BCUT2D eigenvalue weighted by molar-refractivity contribution is -0.424. The maximum atomic E-state index is 12.6. The molecule has 0 unspecified atom stereocenters. The minimum Gasteiger partial charge on any atom is -0.246 e. The van der Waals surface area contributed by atoms with Crippen LogP contribution in [-0.4, -0.2) is 17.3 Å². The molecule has 14 heavy (non-hydrogen) atoms. The van der Waals surface area contributed by atoms with Gasteiger partial charge in [-0.15, -0.1) is 0 Å². The van der Waals surface area contributed by atoms with E-state index in [9.17, 15) is 22.0 Å². The van der Waals surface area contributed by atoms with E-state index in [2.05, 4.69) is 4.89 Å². The Hall–Kier alpha value is -0.400. The lowest BCUT2D eigenvalue weighted by atomic mass is 10.2. The number of alkyl halides is 4. The molecule has 0 aliphatic carbocycles. The number of rotatable bonds is 4. The first kappa shape index (κ1) is 13.6. The van der Waals surface area contributed by atoms with Crippen molar-refractivity contribution < 1.29 is 32.1 Å². The van der Waals surface area contributed by atoms with Crippen molar-refractivity contribution in [2.75, 3.05) is 0 Å². The number of allylic oxidation sites excluding steroid dienone is 2. The monoisotopic (exact) mass is 240 g/mol. The fraction of sp³-hybridized carbons (Fsp3) is 0.667. The Balaban J connectivity index is 4.74. The van der Waals surface area contributed by atoms with Gasteiger partial charge in [0, 0.05) is 0 Å². The first-order valence-electron chi connectivity index (χ1n) is 3.23. The predicted octanol–water partition coefficient (Wildman–Crippen LogP) is 3.53. The van der Waals surface area contributed by atoms with Crippen molar-refractivity contribution in [1.29, 1.82) is 0 Å². The molecule has 0 spiro atoms. The van der Waals surface area contributed by atoms with Crippen LogP contribution in [0.2, 0.25) is 0 Å². The average Bonchev–Trinajstić information content (AvgIpc) is 2.01. The maximum Gasteiger partial charge on any atom is 0.387 e. The van der Waals surface area contributed by atoms with Crippen molar-refractivity contribution in [2.24, 2.45) is 0 Å². The first-order chi connectivity index (χ1) is 6.12. The maximum absolute atomic E-state index is 12.6. The van der Waals surface area contributed by atoms with E-state index < -0.39 is 29.3 Å². The van der Waals surface area contributed by atoms with Gasteiger partial charge >= 0.3 is 12.0 Å². The van der Waals surface area contributed by atoms with Gasteiger partial charge in [0.1, 0.15) is 6.42 Å². The van der Waals surface area contributed by atoms with E-state index in [1.54, 1.807) is 0 Å². The van der Waals surface area contributed by atoms with Crippen LogP contribution in [0.25, 0.3) is 0 Å². The third-order valence-corrected chi connectivity index (χ3v) is 1.35. The molecule has 0 amide bonds. The molecule has 84 valence electrons. The summed E-state index contributed by atoms with van der Waals surface area (Å²) in [6.45, 7) is 0.781. The Morgan fingerprint density at radius 1 is 1.36 bits per heavy atom. The van der Waals surface area contributed by atoms with Crippen molar-refractivity contribution >= 4 is 11.6 Å². The second-order valence-corrected chi connectivity index (χ2v) is 3.02. The highest BCUT2D eigenvalue weighted by molar-refractivity contribution is 6.29. The highest BCUT2D eigenvalue weighted by Gasteiger charge is 2.48. The number of hydrogen-bond acceptors (Lipinski definition) is 2. The number of halogens is 6. The van der Waals surface area contributed by atoms with Gasteiger partial charge in [-0.1, -0.05) is 11.6 Å². The molecule has 0 aliphatic rings. The molecule has 0 fully saturated rings. The molecule has 0 saturated heterocycles. The van der Waals surface area contributed by atoms with Crippen LogP contribution in [0.4, 0.5) is 22.0 Å². The summed E-state index contributed by atoms with van der Waals surface area (Å²) >= 11 is 4.86. The third-order valence-electron chi connectivity index (χ3n) is 1.18. The molecule has 0 rings (SSSR count). The summed E-state index contributed by atoms with van der Waals surface area (Å²) < 4.78 is 61.8. The van der Waals surface area contributed by atoms with Gasteiger partial charge in [-0.3, -0.25) is 0 Å². The van der Waals surface area contributed by atoms with Gasteiger partial charge in [-0.25, -0.2) is 9.65 Å². The molecule has 0 bridgehead atoms. The van der Waals surface area contributed by atoms with Crippen LogP contribution < -0.4 is 0 Å². The van der Waals surface area contributed by atoms with Gasteiger partial charge in [0.2, 0.25) is 0 Å². The van der Waals surface area contributed by atoms with Crippen molar-refractivity contribution in [3.8, 4) is 0 Å². The molecule has 0 saturated carbocycles. The van der Waals surface area contributed by atoms with E-state index in [4.69, 9.17) is 16.9 Å². The summed E-state index contributed by atoms with van der Waals surface area (Å²) in [5.74, 6) is -6.67. The second kappa shape index (κ2) is 4.41. The fourth-order valence-electron chi connectivity index (χ4n) is 0.620. The summed E-state index contributed by atoms with van der Waals surface area (Å²) in [6.07, 6.45) is -6.86. The molecule has 2 nitrogen and oxygen atoms in total. The highest BCUT2D eigenvalue weighted by Crippen LogP contribution is 2.38. The van der Waals surface area contributed by atoms with E-state index in [1.807, 2.05) is 0 Å². The Morgan fingerprint density at radius 2 is 1.79 bits per heavy atom. The van der Waals surface area contributed by atoms with Crippen molar-refractivity contribution in [1.82, 2.24) is 0 Å². The van der Waals surface area contributed by atoms with E-state index in [1.165, 1.54) is 0 Å². The molecule has 8 heteroatoms. The first-order valence-corrected chi connectivity index (χ1v) is 3.61. The van der Waals surface area contributed by atoms with E-state index in [0.717, 1.165) is 6.92 Å². The summed E-state index contributed by atoms with van der Waals surface area (Å²) in [5, 5.41) is 6.58. The van der Waals surface area contributed by atoms with Crippen LogP contribution in [0.1, 0.15) is 13.3 Å². The molecular weight excluding hydrogens is 235 g/mol. The Morgan fingerprint density at radius 3 is 2.07 bits per heavy atom. The van der Waals surface area contributed by atoms with E-state index in [-0.39, 0.29) is 0 Å². The van der Waals surface area contributed by atoms with Crippen LogP contribution >= 0.6 is 11.6 Å². The van der Waals surface area contributed by atoms with E-state index in [0.29, 0.717) is 0 Å². The molecule has 0 aromatic carbocycles.